The molecule has 2 aromatic rings. The number of carboxylic acids is 1. The summed E-state index contributed by atoms with van der Waals surface area (Å²) in [4.78, 5) is 48.7. The molecule has 0 atom stereocenters. The van der Waals surface area contributed by atoms with Crippen LogP contribution < -0.4 is 5.32 Å². The van der Waals surface area contributed by atoms with E-state index in [1.165, 1.54) is 56.3 Å². The van der Waals surface area contributed by atoms with Gasteiger partial charge in [-0.1, -0.05) is 101 Å². The number of hydrogen-bond acceptors (Lipinski definition) is 4. The first-order valence-electron chi connectivity index (χ1n) is 13.5. The Morgan fingerprint density at radius 2 is 1.16 bits per heavy atom. The minimum absolute atomic E-state index is 0.0628. The summed E-state index contributed by atoms with van der Waals surface area (Å²) in [5.74, 6) is -2.72. The van der Waals surface area contributed by atoms with Crippen LogP contribution in [0.2, 0.25) is 0 Å². The number of hydrogen-bond donors (Lipinski definition) is 3. The molecular formula is C30H40N2O5S. The van der Waals surface area contributed by atoms with Crippen LogP contribution in [-0.4, -0.2) is 39.5 Å². The molecule has 8 heteroatoms. The van der Waals surface area contributed by atoms with E-state index < -0.39 is 11.9 Å². The molecular weight excluding hydrogens is 500 g/mol. The fraction of sp³-hybridized carbons (Fsp3) is 0.467. The second-order valence-corrected chi connectivity index (χ2v) is 10.0. The lowest BCUT2D eigenvalue weighted by molar-refractivity contribution is -0.156. The number of carboxylic acid groups (broad SMARTS) is 1. The summed E-state index contributed by atoms with van der Waals surface area (Å²) >= 11 is 3.78. The Bertz CT molecular complexity index is 1040. The summed E-state index contributed by atoms with van der Waals surface area (Å²) in [5, 5.41) is 11.8. The van der Waals surface area contributed by atoms with Gasteiger partial charge in [0.25, 0.3) is 5.91 Å². The van der Waals surface area contributed by atoms with Crippen LogP contribution in [0.1, 0.15) is 103 Å². The summed E-state index contributed by atoms with van der Waals surface area (Å²) in [6.07, 6.45) is 12.4. The van der Waals surface area contributed by atoms with Crippen molar-refractivity contribution in [3.05, 3.63) is 70.8 Å². The second-order valence-electron chi connectivity index (χ2n) is 9.60. The van der Waals surface area contributed by atoms with E-state index in [-0.39, 0.29) is 24.1 Å². The zero-order valence-corrected chi connectivity index (χ0v) is 23.2. The summed E-state index contributed by atoms with van der Waals surface area (Å²) in [6, 6.07) is 13.3. The SMILES string of the molecule is CCCCCCCCCCCCNC(=O)c1ccc(CN(Cc2ccc(C(=O)S)cc2)C(=O)C(=O)O)cc1. The van der Waals surface area contributed by atoms with E-state index in [0.717, 1.165) is 12.8 Å². The average Bonchev–Trinajstić information content (AvgIpc) is 2.91. The maximum atomic E-state index is 12.5. The van der Waals surface area contributed by atoms with E-state index in [4.69, 9.17) is 0 Å². The molecule has 0 saturated heterocycles. The smallest absolute Gasteiger partial charge is 0.394 e. The molecule has 0 spiro atoms. The molecule has 0 bridgehead atoms. The van der Waals surface area contributed by atoms with Gasteiger partial charge >= 0.3 is 11.9 Å². The molecule has 0 radical (unpaired) electrons. The lowest BCUT2D eigenvalue weighted by Gasteiger charge is -2.21. The molecule has 0 aliphatic carbocycles. The number of benzene rings is 2. The highest BCUT2D eigenvalue weighted by atomic mass is 32.1. The van der Waals surface area contributed by atoms with Gasteiger partial charge in [-0.25, -0.2) is 4.79 Å². The van der Waals surface area contributed by atoms with Crippen LogP contribution in [0, 0.1) is 0 Å². The number of unbranched alkanes of at least 4 members (excludes halogenated alkanes) is 9. The molecule has 2 N–H and O–H groups in total. The Hall–Kier alpha value is -3.13. The molecule has 206 valence electrons. The fourth-order valence-corrected chi connectivity index (χ4v) is 4.36. The van der Waals surface area contributed by atoms with Gasteiger partial charge in [0.05, 0.1) is 0 Å². The van der Waals surface area contributed by atoms with Crippen molar-refractivity contribution in [3.8, 4) is 0 Å². The zero-order chi connectivity index (χ0) is 27.8. The highest BCUT2D eigenvalue weighted by Crippen LogP contribution is 2.14. The molecule has 0 heterocycles. The van der Waals surface area contributed by atoms with E-state index in [9.17, 15) is 24.3 Å². The topological polar surface area (TPSA) is 104 Å². The van der Waals surface area contributed by atoms with Gasteiger partial charge in [-0.2, -0.15) is 0 Å². The highest BCUT2D eigenvalue weighted by Gasteiger charge is 2.21. The van der Waals surface area contributed by atoms with Gasteiger partial charge in [0.1, 0.15) is 0 Å². The van der Waals surface area contributed by atoms with Gasteiger partial charge in [-0.3, -0.25) is 14.4 Å². The first kappa shape index (κ1) is 31.1. The summed E-state index contributed by atoms with van der Waals surface area (Å²) < 4.78 is 0. The lowest BCUT2D eigenvalue weighted by atomic mass is 10.1. The Labute approximate surface area is 231 Å². The van der Waals surface area contributed by atoms with Crippen LogP contribution in [0.4, 0.5) is 0 Å². The predicted molar refractivity (Wildman–Crippen MR) is 152 cm³/mol. The van der Waals surface area contributed by atoms with Crippen molar-refractivity contribution in [2.24, 2.45) is 0 Å². The first-order chi connectivity index (χ1) is 18.3. The molecule has 7 nitrogen and oxygen atoms in total. The Morgan fingerprint density at radius 1 is 0.711 bits per heavy atom. The molecule has 0 aliphatic heterocycles. The van der Waals surface area contributed by atoms with Gasteiger partial charge < -0.3 is 15.3 Å². The number of aliphatic carboxylic acids is 1. The molecule has 38 heavy (non-hydrogen) atoms. The number of thiol groups is 1. The number of nitrogens with zero attached hydrogens (tertiary/aromatic N) is 1. The number of carbonyl (C=O) groups is 4. The van der Waals surface area contributed by atoms with Crippen molar-refractivity contribution in [3.63, 3.8) is 0 Å². The fourth-order valence-electron chi connectivity index (χ4n) is 4.21. The number of carbonyl (C=O) groups excluding carboxylic acids is 3. The maximum Gasteiger partial charge on any atom is 0.394 e. The summed E-state index contributed by atoms with van der Waals surface area (Å²) in [5.41, 5.74) is 2.31. The number of amides is 2. The van der Waals surface area contributed by atoms with Gasteiger partial charge in [0.15, 0.2) is 0 Å². The van der Waals surface area contributed by atoms with Crippen LogP contribution in [0.15, 0.2) is 48.5 Å². The third-order valence-corrected chi connectivity index (χ3v) is 6.71. The molecule has 2 amide bonds. The van der Waals surface area contributed by atoms with E-state index in [1.54, 1.807) is 48.5 Å². The van der Waals surface area contributed by atoms with E-state index in [2.05, 4.69) is 24.9 Å². The highest BCUT2D eigenvalue weighted by molar-refractivity contribution is 7.97. The minimum Gasteiger partial charge on any atom is -0.474 e. The van der Waals surface area contributed by atoms with Gasteiger partial charge in [-0.05, 0) is 29.7 Å². The van der Waals surface area contributed by atoms with Gasteiger partial charge in [-0.15, -0.1) is 12.6 Å². The van der Waals surface area contributed by atoms with E-state index in [1.807, 2.05) is 0 Å². The lowest BCUT2D eigenvalue weighted by Crippen LogP contribution is -2.35. The normalized spacial score (nSPS) is 10.7. The van der Waals surface area contributed by atoms with Crippen LogP contribution >= 0.6 is 12.6 Å². The monoisotopic (exact) mass is 540 g/mol. The quantitative estimate of drug-likeness (QED) is 0.129. The number of rotatable bonds is 17. The Balaban J connectivity index is 1.79. The maximum absolute atomic E-state index is 12.5. The first-order valence-corrected chi connectivity index (χ1v) is 14.0. The standard InChI is InChI=1S/C30H40N2O5S/c1-2-3-4-5-6-7-8-9-10-11-20-31-27(33)25-16-12-23(13-17-25)21-32(28(34)29(35)36)22-24-14-18-26(19-15-24)30(37)38/h12-19H,2-11,20-22H2,1H3,(H,31,33)(H,35,36)(H,37,38). The third-order valence-electron chi connectivity index (χ3n) is 6.45. The van der Waals surface area contributed by atoms with Crippen molar-refractivity contribution in [1.82, 2.24) is 10.2 Å². The average molecular weight is 541 g/mol. The van der Waals surface area contributed by atoms with E-state index in [0.29, 0.717) is 28.8 Å². The van der Waals surface area contributed by atoms with Crippen molar-refractivity contribution >= 4 is 35.5 Å². The number of nitrogens with one attached hydrogen (secondary N) is 1. The van der Waals surface area contributed by atoms with Crippen molar-refractivity contribution in [2.75, 3.05) is 6.54 Å². The predicted octanol–water partition coefficient (Wildman–Crippen LogP) is 6.02. The van der Waals surface area contributed by atoms with E-state index >= 15 is 0 Å². The molecule has 0 unspecified atom stereocenters. The Morgan fingerprint density at radius 3 is 1.61 bits per heavy atom. The van der Waals surface area contributed by atoms with Crippen molar-refractivity contribution in [2.45, 2.75) is 84.2 Å². The zero-order valence-electron chi connectivity index (χ0n) is 22.3. The Kier molecular flexibility index (Phi) is 14.2. The molecule has 0 aliphatic rings. The second kappa shape index (κ2) is 17.4. The van der Waals surface area contributed by atoms with Crippen LogP contribution in [0.5, 0.6) is 0 Å². The van der Waals surface area contributed by atoms with Crippen LogP contribution in [0.3, 0.4) is 0 Å². The minimum atomic E-state index is -1.55. The van der Waals surface area contributed by atoms with Crippen molar-refractivity contribution in [1.29, 1.82) is 0 Å². The summed E-state index contributed by atoms with van der Waals surface area (Å²) in [7, 11) is 0. The summed E-state index contributed by atoms with van der Waals surface area (Å²) in [6.45, 7) is 3.00. The van der Waals surface area contributed by atoms with Crippen LogP contribution in [0.25, 0.3) is 0 Å². The molecule has 2 rings (SSSR count). The molecule has 0 aromatic heterocycles. The van der Waals surface area contributed by atoms with Gasteiger partial charge in [0.2, 0.25) is 5.12 Å². The molecule has 2 aromatic carbocycles. The third kappa shape index (κ3) is 11.5. The largest absolute Gasteiger partial charge is 0.474 e. The molecule has 0 fully saturated rings. The van der Waals surface area contributed by atoms with Gasteiger partial charge in [0, 0.05) is 30.8 Å². The molecule has 0 saturated carbocycles. The van der Waals surface area contributed by atoms with Crippen molar-refractivity contribution < 1.29 is 24.3 Å². The van der Waals surface area contributed by atoms with Crippen LogP contribution in [-0.2, 0) is 22.7 Å².